The fourth-order valence-electron chi connectivity index (χ4n) is 2.20. The summed E-state index contributed by atoms with van der Waals surface area (Å²) >= 11 is 0. The van der Waals surface area contributed by atoms with Gasteiger partial charge in [-0.3, -0.25) is 0 Å². The van der Waals surface area contributed by atoms with Crippen molar-refractivity contribution in [2.75, 3.05) is 5.32 Å². The minimum atomic E-state index is 0.443. The third-order valence-corrected chi connectivity index (χ3v) is 3.70. The van der Waals surface area contributed by atoms with Crippen LogP contribution in [0.15, 0.2) is 41.4 Å². The molecular formula is C18H23N3. The van der Waals surface area contributed by atoms with E-state index in [1.165, 1.54) is 27.8 Å². The van der Waals surface area contributed by atoms with Crippen LogP contribution in [-0.2, 0) is 6.54 Å². The van der Waals surface area contributed by atoms with Crippen LogP contribution < -0.4 is 11.1 Å². The van der Waals surface area contributed by atoms with Gasteiger partial charge >= 0.3 is 0 Å². The first-order valence-corrected chi connectivity index (χ1v) is 7.16. The van der Waals surface area contributed by atoms with Gasteiger partial charge in [0.1, 0.15) is 0 Å². The molecule has 2 rings (SSSR count). The first-order valence-electron chi connectivity index (χ1n) is 7.16. The third kappa shape index (κ3) is 4.09. The van der Waals surface area contributed by atoms with Crippen molar-refractivity contribution in [2.45, 2.75) is 34.2 Å². The number of hydrogen-bond acceptors (Lipinski definition) is 1. The Morgan fingerprint density at radius 3 is 2.38 bits per heavy atom. The van der Waals surface area contributed by atoms with Gasteiger partial charge in [0, 0.05) is 5.69 Å². The maximum Gasteiger partial charge on any atom is 0.193 e. The maximum atomic E-state index is 5.96. The minimum Gasteiger partial charge on any atom is -0.370 e. The van der Waals surface area contributed by atoms with Crippen LogP contribution in [0, 0.1) is 27.7 Å². The first-order chi connectivity index (χ1) is 9.95. The number of nitrogens with one attached hydrogen (secondary N) is 1. The number of guanidine groups is 1. The highest BCUT2D eigenvalue weighted by atomic mass is 15.1. The van der Waals surface area contributed by atoms with Gasteiger partial charge in [-0.05, 0) is 62.1 Å². The van der Waals surface area contributed by atoms with Gasteiger partial charge in [0.25, 0.3) is 0 Å². The van der Waals surface area contributed by atoms with E-state index in [1.54, 1.807) is 0 Å². The van der Waals surface area contributed by atoms with Crippen LogP contribution in [0.5, 0.6) is 0 Å². The molecule has 0 aliphatic carbocycles. The molecule has 0 radical (unpaired) electrons. The molecule has 0 saturated heterocycles. The normalized spacial score (nSPS) is 11.5. The Bertz CT molecular complexity index is 672. The van der Waals surface area contributed by atoms with Crippen molar-refractivity contribution in [3.63, 3.8) is 0 Å². The molecule has 0 aromatic heterocycles. The van der Waals surface area contributed by atoms with Crippen LogP contribution in [0.3, 0.4) is 0 Å². The number of benzene rings is 2. The Balaban J connectivity index is 2.05. The number of nitrogens with two attached hydrogens (primary N) is 1. The van der Waals surface area contributed by atoms with Gasteiger partial charge in [-0.25, -0.2) is 4.99 Å². The summed E-state index contributed by atoms with van der Waals surface area (Å²) in [5, 5.41) is 3.14. The lowest BCUT2D eigenvalue weighted by Crippen LogP contribution is -2.22. The lowest BCUT2D eigenvalue weighted by molar-refractivity contribution is 1.04. The second-order valence-electron chi connectivity index (χ2n) is 5.56. The minimum absolute atomic E-state index is 0.443. The molecule has 21 heavy (non-hydrogen) atoms. The van der Waals surface area contributed by atoms with Gasteiger partial charge in [-0.2, -0.15) is 0 Å². The predicted octanol–water partition coefficient (Wildman–Crippen LogP) is 3.85. The zero-order valence-corrected chi connectivity index (χ0v) is 13.2. The molecule has 0 aliphatic rings. The molecule has 3 nitrogen and oxygen atoms in total. The van der Waals surface area contributed by atoms with E-state index in [-0.39, 0.29) is 0 Å². The maximum absolute atomic E-state index is 5.96. The monoisotopic (exact) mass is 281 g/mol. The van der Waals surface area contributed by atoms with Crippen LogP contribution in [0.1, 0.15) is 27.8 Å². The van der Waals surface area contributed by atoms with E-state index in [4.69, 9.17) is 5.73 Å². The van der Waals surface area contributed by atoms with Crippen LogP contribution in [0.2, 0.25) is 0 Å². The zero-order valence-electron chi connectivity index (χ0n) is 13.2. The number of aliphatic imine (C=N–C) groups is 1. The lowest BCUT2D eigenvalue weighted by Gasteiger charge is -2.09. The molecular weight excluding hydrogens is 258 g/mol. The summed E-state index contributed by atoms with van der Waals surface area (Å²) in [6, 6.07) is 12.5. The van der Waals surface area contributed by atoms with E-state index in [2.05, 4.69) is 68.3 Å². The van der Waals surface area contributed by atoms with Crippen LogP contribution in [0.25, 0.3) is 0 Å². The van der Waals surface area contributed by atoms with Crippen molar-refractivity contribution in [3.05, 3.63) is 64.2 Å². The van der Waals surface area contributed by atoms with Crippen molar-refractivity contribution >= 4 is 11.6 Å². The molecule has 0 saturated carbocycles. The first kappa shape index (κ1) is 15.1. The van der Waals surface area contributed by atoms with Crippen LogP contribution >= 0.6 is 0 Å². The summed E-state index contributed by atoms with van der Waals surface area (Å²) in [4.78, 5) is 4.42. The highest BCUT2D eigenvalue weighted by Gasteiger charge is 2.00. The second kappa shape index (κ2) is 6.44. The van der Waals surface area contributed by atoms with E-state index in [0.717, 1.165) is 5.69 Å². The van der Waals surface area contributed by atoms with Crippen LogP contribution in [-0.4, -0.2) is 5.96 Å². The Morgan fingerprint density at radius 2 is 1.71 bits per heavy atom. The molecule has 0 spiro atoms. The Hall–Kier alpha value is -2.29. The van der Waals surface area contributed by atoms with E-state index >= 15 is 0 Å². The summed E-state index contributed by atoms with van der Waals surface area (Å²) in [6.45, 7) is 8.97. The average molecular weight is 281 g/mol. The quantitative estimate of drug-likeness (QED) is 0.663. The predicted molar refractivity (Wildman–Crippen MR) is 90.8 cm³/mol. The molecule has 0 unspecified atom stereocenters. The van der Waals surface area contributed by atoms with Crippen molar-refractivity contribution in [1.29, 1.82) is 0 Å². The Labute approximate surface area is 126 Å². The second-order valence-corrected chi connectivity index (χ2v) is 5.56. The third-order valence-electron chi connectivity index (χ3n) is 3.70. The summed E-state index contributed by atoms with van der Waals surface area (Å²) < 4.78 is 0. The van der Waals surface area contributed by atoms with Crippen molar-refractivity contribution in [2.24, 2.45) is 10.7 Å². The molecule has 2 aromatic carbocycles. The van der Waals surface area contributed by atoms with Crippen LogP contribution in [0.4, 0.5) is 5.69 Å². The van der Waals surface area contributed by atoms with Gasteiger partial charge in [0.15, 0.2) is 5.96 Å². The number of rotatable bonds is 3. The van der Waals surface area contributed by atoms with Gasteiger partial charge in [0.2, 0.25) is 0 Å². The fourth-order valence-corrected chi connectivity index (χ4v) is 2.20. The average Bonchev–Trinajstić information content (AvgIpc) is 2.42. The number of aryl methyl sites for hydroxylation is 4. The zero-order chi connectivity index (χ0) is 15.4. The largest absolute Gasteiger partial charge is 0.370 e. The van der Waals surface area contributed by atoms with Crippen molar-refractivity contribution in [1.82, 2.24) is 0 Å². The molecule has 0 atom stereocenters. The van der Waals surface area contributed by atoms with E-state index < -0.39 is 0 Å². The standard InChI is InChI=1S/C18H23N3/c1-12-5-7-16(15(4)9-12)11-20-18(19)21-17-8-6-13(2)14(3)10-17/h5-10H,11H2,1-4H3,(H3,19,20,21). The Kier molecular flexibility index (Phi) is 4.63. The summed E-state index contributed by atoms with van der Waals surface area (Å²) in [5.41, 5.74) is 13.2. The van der Waals surface area contributed by atoms with Gasteiger partial charge in [-0.15, -0.1) is 0 Å². The van der Waals surface area contributed by atoms with E-state index in [9.17, 15) is 0 Å². The highest BCUT2D eigenvalue weighted by molar-refractivity contribution is 5.92. The number of anilines is 1. The van der Waals surface area contributed by atoms with Gasteiger partial charge in [0.05, 0.1) is 6.54 Å². The molecule has 0 heterocycles. The van der Waals surface area contributed by atoms with Gasteiger partial charge < -0.3 is 11.1 Å². The summed E-state index contributed by atoms with van der Waals surface area (Å²) in [5.74, 6) is 0.443. The number of hydrogen-bond donors (Lipinski definition) is 2. The topological polar surface area (TPSA) is 50.4 Å². The molecule has 0 amide bonds. The van der Waals surface area contributed by atoms with E-state index in [1.807, 2.05) is 6.07 Å². The summed E-state index contributed by atoms with van der Waals surface area (Å²) in [6.07, 6.45) is 0. The lowest BCUT2D eigenvalue weighted by atomic mass is 10.1. The Morgan fingerprint density at radius 1 is 0.952 bits per heavy atom. The molecule has 3 heteroatoms. The highest BCUT2D eigenvalue weighted by Crippen LogP contribution is 2.14. The molecule has 0 fully saturated rings. The van der Waals surface area contributed by atoms with Gasteiger partial charge in [-0.1, -0.05) is 29.8 Å². The van der Waals surface area contributed by atoms with Crippen molar-refractivity contribution < 1.29 is 0 Å². The van der Waals surface area contributed by atoms with Crippen molar-refractivity contribution in [3.8, 4) is 0 Å². The molecule has 2 aromatic rings. The summed E-state index contributed by atoms with van der Waals surface area (Å²) in [7, 11) is 0. The SMILES string of the molecule is Cc1ccc(CN=C(N)Nc2ccc(C)c(C)c2)c(C)c1. The smallest absolute Gasteiger partial charge is 0.193 e. The fraction of sp³-hybridized carbons (Fsp3) is 0.278. The molecule has 3 N–H and O–H groups in total. The van der Waals surface area contributed by atoms with E-state index in [0.29, 0.717) is 12.5 Å². The molecule has 110 valence electrons. The molecule has 0 bridgehead atoms. The number of nitrogens with zero attached hydrogens (tertiary/aromatic N) is 1. The molecule has 0 aliphatic heterocycles.